The number of carbonyl (C=O) groups excluding carboxylic acids is 2. The summed E-state index contributed by atoms with van der Waals surface area (Å²) >= 11 is 0. The highest BCUT2D eigenvalue weighted by Crippen LogP contribution is 2.30. The average Bonchev–Trinajstić information content (AvgIpc) is 2.68. The van der Waals surface area contributed by atoms with Crippen LogP contribution in [-0.2, 0) is 4.79 Å². The first kappa shape index (κ1) is 23.9. The van der Waals surface area contributed by atoms with Crippen LogP contribution in [0.1, 0.15) is 37.0 Å². The molecule has 0 bridgehead atoms. The van der Waals surface area contributed by atoms with Crippen molar-refractivity contribution in [3.05, 3.63) is 23.8 Å². The van der Waals surface area contributed by atoms with E-state index in [-0.39, 0.29) is 35.8 Å². The monoisotopic (exact) mass is 431 g/mol. The molecular weight excluding hydrogens is 403 g/mol. The predicted molar refractivity (Wildman–Crippen MR) is 105 cm³/mol. The molecule has 0 aliphatic carbocycles. The summed E-state index contributed by atoms with van der Waals surface area (Å²) < 4.78 is 43.0. The Balaban J connectivity index is 2.32. The minimum Gasteiger partial charge on any atom is -0.488 e. The molecule has 7 nitrogen and oxygen atoms in total. The highest BCUT2D eigenvalue weighted by atomic mass is 19.4. The van der Waals surface area contributed by atoms with Crippen molar-refractivity contribution < 1.29 is 32.6 Å². The lowest BCUT2D eigenvalue weighted by Gasteiger charge is -2.37. The van der Waals surface area contributed by atoms with Crippen LogP contribution in [0, 0.1) is 5.92 Å². The molecule has 0 fully saturated rings. The molecule has 1 aromatic rings. The van der Waals surface area contributed by atoms with Gasteiger partial charge in [-0.1, -0.05) is 6.92 Å². The number of alkyl halides is 3. The zero-order valence-corrected chi connectivity index (χ0v) is 17.3. The van der Waals surface area contributed by atoms with E-state index in [1.165, 1.54) is 18.2 Å². The Morgan fingerprint density at radius 2 is 2.10 bits per heavy atom. The number of nitrogens with one attached hydrogen (secondary N) is 2. The summed E-state index contributed by atoms with van der Waals surface area (Å²) in [4.78, 5) is 26.6. The van der Waals surface area contributed by atoms with Gasteiger partial charge in [-0.15, -0.1) is 0 Å². The van der Waals surface area contributed by atoms with E-state index in [2.05, 4.69) is 10.6 Å². The first-order valence-electron chi connectivity index (χ1n) is 9.79. The van der Waals surface area contributed by atoms with Crippen LogP contribution < -0.4 is 15.4 Å². The van der Waals surface area contributed by atoms with Crippen LogP contribution in [0.25, 0.3) is 0 Å². The second-order valence-corrected chi connectivity index (χ2v) is 7.55. The number of likely N-dealkylation sites (N-methyl/N-ethyl adjacent to an activating group) is 1. The van der Waals surface area contributed by atoms with Crippen LogP contribution in [0.15, 0.2) is 18.2 Å². The van der Waals surface area contributed by atoms with Crippen LogP contribution in [0.2, 0.25) is 0 Å². The van der Waals surface area contributed by atoms with Gasteiger partial charge in [-0.05, 0) is 32.2 Å². The number of hydrogen-bond acceptors (Lipinski definition) is 5. The number of fused-ring (bicyclic) bond motifs is 1. The third kappa shape index (κ3) is 6.33. The molecule has 10 heteroatoms. The van der Waals surface area contributed by atoms with E-state index in [1.54, 1.807) is 18.9 Å². The summed E-state index contributed by atoms with van der Waals surface area (Å²) in [6.07, 6.45) is -6.60. The number of rotatable bonds is 7. The minimum absolute atomic E-state index is 0.0229. The molecule has 0 aromatic heterocycles. The molecule has 1 aliphatic heterocycles. The zero-order chi connectivity index (χ0) is 22.5. The molecule has 0 unspecified atom stereocenters. The number of benzene rings is 1. The fourth-order valence-corrected chi connectivity index (χ4v) is 3.22. The maximum absolute atomic E-state index is 13.2. The number of hydrogen-bond donors (Lipinski definition) is 3. The number of aliphatic hydroxyl groups is 1. The largest absolute Gasteiger partial charge is 0.488 e. The van der Waals surface area contributed by atoms with Crippen LogP contribution in [0.5, 0.6) is 5.75 Å². The maximum Gasteiger partial charge on any atom is 0.389 e. The highest BCUT2D eigenvalue weighted by molar-refractivity contribution is 5.99. The Hall–Kier alpha value is -2.33. The Morgan fingerprint density at radius 1 is 1.40 bits per heavy atom. The SMILES string of the molecule is CNC[C@@H]1Oc2ccc(NC(=O)CCC(F)(F)F)cc2C(=O)N([C@@H](C)CO)C[C@H]1C. The second kappa shape index (κ2) is 10.1. The van der Waals surface area contributed by atoms with E-state index in [4.69, 9.17) is 4.74 Å². The molecule has 3 N–H and O–H groups in total. The maximum atomic E-state index is 13.2. The highest BCUT2D eigenvalue weighted by Gasteiger charge is 2.33. The van der Waals surface area contributed by atoms with E-state index in [0.717, 1.165) is 0 Å². The van der Waals surface area contributed by atoms with Crippen molar-refractivity contribution in [2.45, 2.75) is 45.0 Å². The topological polar surface area (TPSA) is 90.9 Å². The molecule has 2 amide bonds. The van der Waals surface area contributed by atoms with Gasteiger partial charge in [0.1, 0.15) is 11.9 Å². The summed E-state index contributed by atoms with van der Waals surface area (Å²) in [6.45, 7) is 4.34. The molecule has 1 aromatic carbocycles. The molecule has 1 aliphatic rings. The van der Waals surface area contributed by atoms with Crippen molar-refractivity contribution in [3.63, 3.8) is 0 Å². The van der Waals surface area contributed by atoms with Gasteiger partial charge in [-0.25, -0.2) is 0 Å². The number of carbonyl (C=O) groups is 2. The van der Waals surface area contributed by atoms with Crippen molar-refractivity contribution in [2.24, 2.45) is 5.92 Å². The zero-order valence-electron chi connectivity index (χ0n) is 17.3. The quantitative estimate of drug-likeness (QED) is 0.617. The first-order chi connectivity index (χ1) is 14.1. The van der Waals surface area contributed by atoms with Crippen LogP contribution in [-0.4, -0.2) is 66.9 Å². The van der Waals surface area contributed by atoms with E-state index in [1.807, 2.05) is 6.92 Å². The lowest BCUT2D eigenvalue weighted by Crippen LogP contribution is -2.49. The van der Waals surface area contributed by atoms with Gasteiger partial charge < -0.3 is 25.4 Å². The molecule has 30 heavy (non-hydrogen) atoms. The average molecular weight is 431 g/mol. The van der Waals surface area contributed by atoms with Gasteiger partial charge in [-0.3, -0.25) is 9.59 Å². The van der Waals surface area contributed by atoms with Crippen molar-refractivity contribution >= 4 is 17.5 Å². The predicted octanol–water partition coefficient (Wildman–Crippen LogP) is 2.41. The minimum atomic E-state index is -4.42. The normalized spacial score (nSPS) is 20.6. The third-order valence-corrected chi connectivity index (χ3v) is 4.99. The van der Waals surface area contributed by atoms with Gasteiger partial charge in [0.25, 0.3) is 5.91 Å². The molecule has 0 saturated heterocycles. The van der Waals surface area contributed by atoms with Gasteiger partial charge in [0.2, 0.25) is 5.91 Å². The van der Waals surface area contributed by atoms with Gasteiger partial charge in [0.15, 0.2) is 0 Å². The number of ether oxygens (including phenoxy) is 1. The molecule has 1 heterocycles. The van der Waals surface area contributed by atoms with Gasteiger partial charge >= 0.3 is 6.18 Å². The summed E-state index contributed by atoms with van der Waals surface area (Å²) in [5.74, 6) is -0.887. The molecule has 0 spiro atoms. The summed E-state index contributed by atoms with van der Waals surface area (Å²) in [5, 5.41) is 15.0. The van der Waals surface area contributed by atoms with Crippen molar-refractivity contribution in [1.29, 1.82) is 0 Å². The molecular formula is C20H28F3N3O4. The molecule has 3 atom stereocenters. The number of nitrogens with zero attached hydrogens (tertiary/aromatic N) is 1. The summed E-state index contributed by atoms with van der Waals surface area (Å²) in [6, 6.07) is 3.97. The molecule has 168 valence electrons. The van der Waals surface area contributed by atoms with Crippen molar-refractivity contribution in [1.82, 2.24) is 10.2 Å². The second-order valence-electron chi connectivity index (χ2n) is 7.55. The lowest BCUT2D eigenvalue weighted by molar-refractivity contribution is -0.142. The number of anilines is 1. The molecule has 0 radical (unpaired) electrons. The fraction of sp³-hybridized carbons (Fsp3) is 0.600. The van der Waals surface area contributed by atoms with Crippen LogP contribution >= 0.6 is 0 Å². The fourth-order valence-electron chi connectivity index (χ4n) is 3.22. The summed E-state index contributed by atoms with van der Waals surface area (Å²) in [7, 11) is 1.79. The van der Waals surface area contributed by atoms with Gasteiger partial charge in [-0.2, -0.15) is 13.2 Å². The van der Waals surface area contributed by atoms with Crippen LogP contribution in [0.3, 0.4) is 0 Å². The Bertz CT molecular complexity index is 757. The molecule has 0 saturated carbocycles. The smallest absolute Gasteiger partial charge is 0.389 e. The van der Waals surface area contributed by atoms with E-state index < -0.39 is 31.0 Å². The molecule has 2 rings (SSSR count). The first-order valence-corrected chi connectivity index (χ1v) is 9.79. The standard InChI is InChI=1S/C20H28F3N3O4/c1-12-10-26(13(2)11-27)19(29)15-8-14(25-18(28)6-7-20(21,22)23)4-5-16(15)30-17(12)9-24-3/h4-5,8,12-13,17,24,27H,6-7,9-11H2,1-3H3,(H,25,28)/t12-,13+,17+/m1/s1. The van der Waals surface area contributed by atoms with E-state index in [9.17, 15) is 27.9 Å². The number of aliphatic hydroxyl groups excluding tert-OH is 1. The lowest BCUT2D eigenvalue weighted by atomic mass is 9.99. The Labute approximate surface area is 173 Å². The van der Waals surface area contributed by atoms with E-state index in [0.29, 0.717) is 18.8 Å². The van der Waals surface area contributed by atoms with E-state index >= 15 is 0 Å². The third-order valence-electron chi connectivity index (χ3n) is 4.99. The number of amides is 2. The number of halogens is 3. The van der Waals surface area contributed by atoms with Crippen molar-refractivity contribution in [2.75, 3.05) is 32.1 Å². The Kier molecular flexibility index (Phi) is 8.08. The van der Waals surface area contributed by atoms with Crippen molar-refractivity contribution in [3.8, 4) is 5.75 Å². The van der Waals surface area contributed by atoms with Crippen LogP contribution in [0.4, 0.5) is 18.9 Å². The Morgan fingerprint density at radius 3 is 2.70 bits per heavy atom. The van der Waals surface area contributed by atoms with Gasteiger partial charge in [0, 0.05) is 31.1 Å². The summed E-state index contributed by atoms with van der Waals surface area (Å²) in [5.41, 5.74) is 0.380. The van der Waals surface area contributed by atoms with Gasteiger partial charge in [0.05, 0.1) is 24.6 Å².